The number of ether oxygens (including phenoxy) is 2. The fraction of sp³-hybridized carbons (Fsp3) is 0.133. The van der Waals surface area contributed by atoms with Gasteiger partial charge in [0.25, 0.3) is 0 Å². The maximum atomic E-state index is 5.24. The molecular formula is C15H14N4O2. The minimum Gasteiger partial charge on any atom is -0.497 e. The Labute approximate surface area is 121 Å². The van der Waals surface area contributed by atoms with Crippen molar-refractivity contribution in [2.75, 3.05) is 19.5 Å². The monoisotopic (exact) mass is 282 g/mol. The van der Waals surface area contributed by atoms with E-state index in [-0.39, 0.29) is 0 Å². The third-order valence-electron chi connectivity index (χ3n) is 2.94. The van der Waals surface area contributed by atoms with Gasteiger partial charge in [0, 0.05) is 30.1 Å². The first-order valence-corrected chi connectivity index (χ1v) is 6.36. The van der Waals surface area contributed by atoms with E-state index < -0.39 is 0 Å². The van der Waals surface area contributed by atoms with Crippen molar-refractivity contribution in [2.45, 2.75) is 0 Å². The van der Waals surface area contributed by atoms with E-state index in [2.05, 4.69) is 20.3 Å². The van der Waals surface area contributed by atoms with Crippen LogP contribution in [0.3, 0.4) is 0 Å². The predicted molar refractivity (Wildman–Crippen MR) is 80.2 cm³/mol. The highest BCUT2D eigenvalue weighted by Crippen LogP contribution is 2.27. The second-order valence-corrected chi connectivity index (χ2v) is 4.33. The van der Waals surface area contributed by atoms with E-state index in [0.29, 0.717) is 23.0 Å². The molecule has 0 aliphatic heterocycles. The van der Waals surface area contributed by atoms with Crippen molar-refractivity contribution < 1.29 is 9.47 Å². The molecule has 1 aromatic carbocycles. The molecule has 1 N–H and O–H groups in total. The van der Waals surface area contributed by atoms with Crippen LogP contribution in [0.2, 0.25) is 0 Å². The fourth-order valence-electron chi connectivity index (χ4n) is 1.94. The van der Waals surface area contributed by atoms with Gasteiger partial charge >= 0.3 is 0 Å². The van der Waals surface area contributed by atoms with Gasteiger partial charge in [-0.3, -0.25) is 0 Å². The Kier molecular flexibility index (Phi) is 3.51. The highest BCUT2D eigenvalue weighted by Gasteiger charge is 2.04. The molecule has 0 spiro atoms. The van der Waals surface area contributed by atoms with Crippen LogP contribution in [-0.4, -0.2) is 29.2 Å². The lowest BCUT2D eigenvalue weighted by Crippen LogP contribution is -1.97. The Hall–Kier alpha value is -2.89. The van der Waals surface area contributed by atoms with Gasteiger partial charge in [0.05, 0.1) is 20.4 Å². The molecule has 3 aromatic rings. The molecule has 6 heteroatoms. The number of pyridine rings is 1. The first-order chi connectivity index (χ1) is 10.3. The largest absolute Gasteiger partial charge is 0.497 e. The van der Waals surface area contributed by atoms with Gasteiger partial charge in [0.1, 0.15) is 17.0 Å². The molecule has 3 rings (SSSR count). The first kappa shape index (κ1) is 13.1. The molecule has 0 bridgehead atoms. The lowest BCUT2D eigenvalue weighted by Gasteiger charge is -2.10. The van der Waals surface area contributed by atoms with E-state index in [1.165, 1.54) is 0 Å². The average molecular weight is 282 g/mol. The smallest absolute Gasteiger partial charge is 0.180 e. The third kappa shape index (κ3) is 2.84. The van der Waals surface area contributed by atoms with Crippen LogP contribution in [0.25, 0.3) is 11.2 Å². The topological polar surface area (TPSA) is 69.2 Å². The number of nitrogens with zero attached hydrogens (tertiary/aromatic N) is 3. The average Bonchev–Trinajstić information content (AvgIpc) is 2.54. The van der Waals surface area contributed by atoms with E-state index in [0.717, 1.165) is 11.2 Å². The van der Waals surface area contributed by atoms with E-state index >= 15 is 0 Å². The number of methoxy groups -OCH3 is 2. The summed E-state index contributed by atoms with van der Waals surface area (Å²) in [4.78, 5) is 12.9. The second kappa shape index (κ2) is 5.62. The number of hydrogen-bond acceptors (Lipinski definition) is 6. The van der Waals surface area contributed by atoms with E-state index in [1.54, 1.807) is 32.7 Å². The fourth-order valence-corrected chi connectivity index (χ4v) is 1.94. The SMILES string of the molecule is COc1cc(Nc2cnc3cccnc3n2)cc(OC)c1. The standard InChI is InChI=1S/C15H14N4O2/c1-20-11-6-10(7-12(8-11)21-2)18-14-9-17-13-4-3-5-16-15(13)19-14/h3-9H,1-2H3,(H,16,18,19). The molecule has 0 saturated carbocycles. The molecule has 21 heavy (non-hydrogen) atoms. The van der Waals surface area contributed by atoms with Crippen LogP contribution in [-0.2, 0) is 0 Å². The Morgan fingerprint density at radius 1 is 1.00 bits per heavy atom. The number of anilines is 2. The van der Waals surface area contributed by atoms with Crippen molar-refractivity contribution in [1.29, 1.82) is 0 Å². The van der Waals surface area contributed by atoms with Gasteiger partial charge in [-0.15, -0.1) is 0 Å². The summed E-state index contributed by atoms with van der Waals surface area (Å²) in [7, 11) is 3.22. The van der Waals surface area contributed by atoms with Crippen molar-refractivity contribution in [1.82, 2.24) is 15.0 Å². The van der Waals surface area contributed by atoms with Crippen molar-refractivity contribution in [3.05, 3.63) is 42.7 Å². The van der Waals surface area contributed by atoms with Crippen LogP contribution in [0.1, 0.15) is 0 Å². The molecule has 0 saturated heterocycles. The molecule has 0 radical (unpaired) electrons. The Balaban J connectivity index is 1.94. The van der Waals surface area contributed by atoms with Gasteiger partial charge < -0.3 is 14.8 Å². The second-order valence-electron chi connectivity index (χ2n) is 4.33. The summed E-state index contributed by atoms with van der Waals surface area (Å²) >= 11 is 0. The first-order valence-electron chi connectivity index (χ1n) is 6.36. The van der Waals surface area contributed by atoms with Crippen molar-refractivity contribution >= 4 is 22.7 Å². The van der Waals surface area contributed by atoms with Crippen LogP contribution >= 0.6 is 0 Å². The summed E-state index contributed by atoms with van der Waals surface area (Å²) in [6.45, 7) is 0. The number of aromatic nitrogens is 3. The lowest BCUT2D eigenvalue weighted by atomic mass is 10.2. The highest BCUT2D eigenvalue weighted by atomic mass is 16.5. The van der Waals surface area contributed by atoms with Crippen LogP contribution in [0, 0.1) is 0 Å². The van der Waals surface area contributed by atoms with Gasteiger partial charge in [-0.1, -0.05) is 0 Å². The number of fused-ring (bicyclic) bond motifs is 1. The van der Waals surface area contributed by atoms with Crippen molar-refractivity contribution in [3.8, 4) is 11.5 Å². The zero-order valence-electron chi connectivity index (χ0n) is 11.7. The quantitative estimate of drug-likeness (QED) is 0.793. The van der Waals surface area contributed by atoms with Crippen molar-refractivity contribution in [2.24, 2.45) is 0 Å². The third-order valence-corrected chi connectivity index (χ3v) is 2.94. The van der Waals surface area contributed by atoms with Crippen molar-refractivity contribution in [3.63, 3.8) is 0 Å². The predicted octanol–water partition coefficient (Wildman–Crippen LogP) is 2.79. The van der Waals surface area contributed by atoms with Gasteiger partial charge in [0.2, 0.25) is 0 Å². The molecule has 6 nitrogen and oxygen atoms in total. The lowest BCUT2D eigenvalue weighted by molar-refractivity contribution is 0.395. The summed E-state index contributed by atoms with van der Waals surface area (Å²) in [6.07, 6.45) is 3.35. The number of nitrogens with one attached hydrogen (secondary N) is 1. The summed E-state index contributed by atoms with van der Waals surface area (Å²) in [6, 6.07) is 9.21. The molecule has 0 atom stereocenters. The zero-order valence-corrected chi connectivity index (χ0v) is 11.7. The van der Waals surface area contributed by atoms with E-state index in [9.17, 15) is 0 Å². The van der Waals surface area contributed by atoms with Gasteiger partial charge in [-0.2, -0.15) is 0 Å². The maximum Gasteiger partial charge on any atom is 0.180 e. The maximum absolute atomic E-state index is 5.24. The molecule has 0 unspecified atom stereocenters. The summed E-state index contributed by atoms with van der Waals surface area (Å²) in [5, 5.41) is 3.17. The molecule has 0 aliphatic carbocycles. The minimum atomic E-state index is 0.595. The molecule has 2 heterocycles. The van der Waals surface area contributed by atoms with Crippen LogP contribution in [0.5, 0.6) is 11.5 Å². The van der Waals surface area contributed by atoms with Crippen LogP contribution < -0.4 is 14.8 Å². The van der Waals surface area contributed by atoms with Gasteiger partial charge in [-0.05, 0) is 12.1 Å². The van der Waals surface area contributed by atoms with Gasteiger partial charge in [0.15, 0.2) is 11.5 Å². The number of rotatable bonds is 4. The Morgan fingerprint density at radius 3 is 2.48 bits per heavy atom. The summed E-state index contributed by atoms with van der Waals surface area (Å²) in [5.41, 5.74) is 2.15. The molecular weight excluding hydrogens is 268 g/mol. The van der Waals surface area contributed by atoms with E-state index in [4.69, 9.17) is 9.47 Å². The Bertz CT molecular complexity index is 754. The summed E-state index contributed by atoms with van der Waals surface area (Å²) in [5.74, 6) is 2.00. The molecule has 2 aromatic heterocycles. The summed E-state index contributed by atoms with van der Waals surface area (Å²) < 4.78 is 10.5. The molecule has 106 valence electrons. The Morgan fingerprint density at radius 2 is 1.76 bits per heavy atom. The zero-order chi connectivity index (χ0) is 14.7. The highest BCUT2D eigenvalue weighted by molar-refractivity contribution is 5.72. The molecule has 0 amide bonds. The number of hydrogen-bond donors (Lipinski definition) is 1. The molecule has 0 fully saturated rings. The van der Waals surface area contributed by atoms with Crippen LogP contribution in [0.4, 0.5) is 11.5 Å². The van der Waals surface area contributed by atoms with Crippen LogP contribution in [0.15, 0.2) is 42.7 Å². The molecule has 0 aliphatic rings. The normalized spacial score (nSPS) is 10.4. The minimum absolute atomic E-state index is 0.595. The number of benzene rings is 1. The van der Waals surface area contributed by atoms with E-state index in [1.807, 2.05) is 24.3 Å². The van der Waals surface area contributed by atoms with Gasteiger partial charge in [-0.25, -0.2) is 15.0 Å².